The molecule has 5 heteroatoms. The minimum Gasteiger partial charge on any atom is -0.466 e. The molecule has 1 N–H and O–H groups in total. The summed E-state index contributed by atoms with van der Waals surface area (Å²) in [6.45, 7) is 0. The van der Waals surface area contributed by atoms with Crippen molar-refractivity contribution in [3.05, 3.63) is 11.6 Å². The molecule has 0 radical (unpaired) electrons. The Balaban J connectivity index is 1.75. The third kappa shape index (κ3) is 2.30. The van der Waals surface area contributed by atoms with Crippen LogP contribution >= 0.6 is 0 Å². The SMILES string of the molecule is COC(=O)C1=C[C@H](O)[C@H]2OC3(CCCCC3)O[C@@H]2C1. The lowest BCUT2D eigenvalue weighted by atomic mass is 9.92. The number of rotatable bonds is 1. The molecular weight excluding hydrogens is 248 g/mol. The number of hydrogen-bond acceptors (Lipinski definition) is 5. The fourth-order valence-corrected chi connectivity index (χ4v) is 3.34. The predicted molar refractivity (Wildman–Crippen MR) is 66.3 cm³/mol. The van der Waals surface area contributed by atoms with Gasteiger partial charge in [0.25, 0.3) is 0 Å². The van der Waals surface area contributed by atoms with E-state index in [9.17, 15) is 9.90 Å². The molecule has 0 bridgehead atoms. The monoisotopic (exact) mass is 268 g/mol. The molecule has 0 aromatic carbocycles. The Hall–Kier alpha value is -0.910. The molecule has 1 spiro atoms. The average molecular weight is 268 g/mol. The van der Waals surface area contributed by atoms with E-state index in [1.54, 1.807) is 0 Å². The molecule has 1 heterocycles. The summed E-state index contributed by atoms with van der Waals surface area (Å²) in [4.78, 5) is 11.6. The van der Waals surface area contributed by atoms with Crippen LogP contribution in [0.5, 0.6) is 0 Å². The molecule has 3 atom stereocenters. The number of fused-ring (bicyclic) bond motifs is 1. The van der Waals surface area contributed by atoms with Crippen LogP contribution in [0.4, 0.5) is 0 Å². The summed E-state index contributed by atoms with van der Waals surface area (Å²) in [6.07, 6.45) is 5.74. The largest absolute Gasteiger partial charge is 0.466 e. The van der Waals surface area contributed by atoms with E-state index in [2.05, 4.69) is 0 Å². The van der Waals surface area contributed by atoms with Crippen molar-refractivity contribution in [2.45, 2.75) is 62.6 Å². The molecule has 19 heavy (non-hydrogen) atoms. The standard InChI is InChI=1S/C14H20O5/c1-17-13(16)9-7-10(15)12-11(8-9)18-14(19-12)5-3-2-4-6-14/h7,10-12,15H,2-6,8H2,1H3/t10-,11+,12+/m0/s1. The lowest BCUT2D eigenvalue weighted by Crippen LogP contribution is -2.39. The fraction of sp³-hybridized carbons (Fsp3) is 0.786. The third-order valence-electron chi connectivity index (χ3n) is 4.28. The van der Waals surface area contributed by atoms with E-state index in [1.807, 2.05) is 0 Å². The predicted octanol–water partition coefficient (Wildman–Crippen LogP) is 1.29. The fourth-order valence-electron chi connectivity index (χ4n) is 3.34. The molecule has 1 saturated carbocycles. The number of aliphatic hydroxyl groups excluding tert-OH is 1. The molecule has 106 valence electrons. The van der Waals surface area contributed by atoms with Crippen LogP contribution in [0.25, 0.3) is 0 Å². The van der Waals surface area contributed by atoms with E-state index in [1.165, 1.54) is 19.6 Å². The highest BCUT2D eigenvalue weighted by molar-refractivity contribution is 5.88. The van der Waals surface area contributed by atoms with Gasteiger partial charge in [0.15, 0.2) is 5.79 Å². The van der Waals surface area contributed by atoms with Gasteiger partial charge in [-0.2, -0.15) is 0 Å². The number of esters is 1. The van der Waals surface area contributed by atoms with E-state index < -0.39 is 17.9 Å². The summed E-state index contributed by atoms with van der Waals surface area (Å²) in [5.41, 5.74) is 0.479. The molecule has 0 aromatic heterocycles. The Morgan fingerprint density at radius 3 is 2.79 bits per heavy atom. The summed E-state index contributed by atoms with van der Waals surface area (Å²) in [7, 11) is 1.34. The molecule has 2 aliphatic carbocycles. The lowest BCUT2D eigenvalue weighted by Gasteiger charge is -2.32. The van der Waals surface area contributed by atoms with Gasteiger partial charge in [-0.15, -0.1) is 0 Å². The van der Waals surface area contributed by atoms with Crippen LogP contribution in [0, 0.1) is 0 Å². The third-order valence-corrected chi connectivity index (χ3v) is 4.28. The van der Waals surface area contributed by atoms with E-state index in [0.29, 0.717) is 12.0 Å². The van der Waals surface area contributed by atoms with Gasteiger partial charge in [0.1, 0.15) is 12.2 Å². The van der Waals surface area contributed by atoms with Gasteiger partial charge in [-0.3, -0.25) is 0 Å². The molecule has 0 unspecified atom stereocenters. The smallest absolute Gasteiger partial charge is 0.333 e. The lowest BCUT2D eigenvalue weighted by molar-refractivity contribution is -0.197. The maximum absolute atomic E-state index is 11.6. The number of ether oxygens (including phenoxy) is 3. The van der Waals surface area contributed by atoms with Gasteiger partial charge < -0.3 is 19.3 Å². The van der Waals surface area contributed by atoms with Crippen molar-refractivity contribution in [3.63, 3.8) is 0 Å². The number of methoxy groups -OCH3 is 1. The summed E-state index contributed by atoms with van der Waals surface area (Å²) in [5.74, 6) is -0.931. The van der Waals surface area contributed by atoms with E-state index in [0.717, 1.165) is 25.7 Å². The van der Waals surface area contributed by atoms with Gasteiger partial charge in [-0.05, 0) is 18.9 Å². The zero-order chi connectivity index (χ0) is 13.5. The number of carbonyl (C=O) groups is 1. The van der Waals surface area contributed by atoms with Gasteiger partial charge in [-0.25, -0.2) is 4.79 Å². The second kappa shape index (κ2) is 4.89. The van der Waals surface area contributed by atoms with Gasteiger partial charge in [-0.1, -0.05) is 6.42 Å². The van der Waals surface area contributed by atoms with Crippen LogP contribution in [0.3, 0.4) is 0 Å². The number of aliphatic hydroxyl groups is 1. The average Bonchev–Trinajstić information content (AvgIpc) is 2.77. The molecule has 5 nitrogen and oxygen atoms in total. The normalized spacial score (nSPS) is 36.7. The zero-order valence-electron chi connectivity index (χ0n) is 11.1. The van der Waals surface area contributed by atoms with Crippen molar-refractivity contribution >= 4 is 5.97 Å². The molecular formula is C14H20O5. The van der Waals surface area contributed by atoms with Crippen molar-refractivity contribution in [2.24, 2.45) is 0 Å². The van der Waals surface area contributed by atoms with Crippen LogP contribution in [-0.4, -0.2) is 42.3 Å². The Morgan fingerprint density at radius 1 is 1.37 bits per heavy atom. The first-order valence-electron chi connectivity index (χ1n) is 6.96. The minimum absolute atomic E-state index is 0.243. The second-order valence-electron chi connectivity index (χ2n) is 5.59. The Labute approximate surface area is 112 Å². The van der Waals surface area contributed by atoms with Crippen LogP contribution in [0.2, 0.25) is 0 Å². The Kier molecular flexibility index (Phi) is 3.37. The Bertz CT molecular complexity index is 397. The highest BCUT2D eigenvalue weighted by atomic mass is 16.8. The highest BCUT2D eigenvalue weighted by Crippen LogP contribution is 2.44. The van der Waals surface area contributed by atoms with Crippen LogP contribution < -0.4 is 0 Å². The maximum atomic E-state index is 11.6. The molecule has 1 aliphatic heterocycles. The molecule has 1 saturated heterocycles. The van der Waals surface area contributed by atoms with Crippen molar-refractivity contribution in [1.29, 1.82) is 0 Å². The van der Waals surface area contributed by atoms with E-state index in [-0.39, 0.29) is 12.2 Å². The summed E-state index contributed by atoms with van der Waals surface area (Å²) < 4.78 is 16.8. The van der Waals surface area contributed by atoms with Crippen molar-refractivity contribution < 1.29 is 24.1 Å². The van der Waals surface area contributed by atoms with Crippen LogP contribution in [0.15, 0.2) is 11.6 Å². The Morgan fingerprint density at radius 2 is 2.11 bits per heavy atom. The minimum atomic E-state index is -0.797. The maximum Gasteiger partial charge on any atom is 0.333 e. The van der Waals surface area contributed by atoms with Gasteiger partial charge >= 0.3 is 5.97 Å². The highest BCUT2D eigenvalue weighted by Gasteiger charge is 2.51. The molecule has 3 aliphatic rings. The van der Waals surface area contributed by atoms with Crippen molar-refractivity contribution in [2.75, 3.05) is 7.11 Å². The first kappa shape index (κ1) is 13.1. The molecule has 0 aromatic rings. The van der Waals surface area contributed by atoms with Gasteiger partial charge in [0.05, 0.1) is 13.2 Å². The molecule has 0 amide bonds. The topological polar surface area (TPSA) is 65.0 Å². The van der Waals surface area contributed by atoms with E-state index >= 15 is 0 Å². The van der Waals surface area contributed by atoms with Gasteiger partial charge in [0, 0.05) is 24.8 Å². The second-order valence-corrected chi connectivity index (χ2v) is 5.59. The van der Waals surface area contributed by atoms with E-state index in [4.69, 9.17) is 14.2 Å². The van der Waals surface area contributed by atoms with Crippen LogP contribution in [-0.2, 0) is 19.0 Å². The van der Waals surface area contributed by atoms with Crippen molar-refractivity contribution in [1.82, 2.24) is 0 Å². The quantitative estimate of drug-likeness (QED) is 0.726. The molecule has 3 rings (SSSR count). The first-order valence-corrected chi connectivity index (χ1v) is 6.96. The summed E-state index contributed by atoms with van der Waals surface area (Å²) in [6, 6.07) is 0. The van der Waals surface area contributed by atoms with Crippen molar-refractivity contribution in [3.8, 4) is 0 Å². The summed E-state index contributed by atoms with van der Waals surface area (Å²) >= 11 is 0. The number of hydrogen-bond donors (Lipinski definition) is 1. The molecule has 2 fully saturated rings. The van der Waals surface area contributed by atoms with Gasteiger partial charge in [0.2, 0.25) is 0 Å². The summed E-state index contributed by atoms with van der Waals surface area (Å²) in [5, 5.41) is 10.1. The first-order chi connectivity index (χ1) is 9.13. The zero-order valence-corrected chi connectivity index (χ0v) is 11.1. The van der Waals surface area contributed by atoms with Crippen LogP contribution in [0.1, 0.15) is 38.5 Å². The number of carbonyl (C=O) groups excluding carboxylic acids is 1.